The largest absolute Gasteiger partial charge is 0.391 e. The third kappa shape index (κ3) is 2.22. The number of rotatable bonds is 4. The standard InChI is InChI=1S/C17H29NO2/c1-18(15-2-3-20-11-15)10-16(19)17-7-12-4-13(8-17)6-14(5-12)9-17/h12-16,19H,2-11H2,1H3. The zero-order chi connectivity index (χ0) is 13.7. The fourth-order valence-corrected chi connectivity index (χ4v) is 6.07. The smallest absolute Gasteiger partial charge is 0.0723 e. The zero-order valence-corrected chi connectivity index (χ0v) is 12.8. The Bertz CT molecular complexity index is 329. The van der Waals surface area contributed by atoms with E-state index in [1.54, 1.807) is 0 Å². The van der Waals surface area contributed by atoms with Crippen LogP contribution in [-0.2, 0) is 4.74 Å². The van der Waals surface area contributed by atoms with E-state index in [2.05, 4.69) is 11.9 Å². The number of hydrogen-bond acceptors (Lipinski definition) is 3. The van der Waals surface area contributed by atoms with Gasteiger partial charge in [-0.15, -0.1) is 0 Å². The molecule has 5 fully saturated rings. The summed E-state index contributed by atoms with van der Waals surface area (Å²) in [5.41, 5.74) is 0.266. The van der Waals surface area contributed by atoms with Crippen molar-refractivity contribution >= 4 is 0 Å². The molecule has 4 saturated carbocycles. The minimum Gasteiger partial charge on any atom is -0.391 e. The van der Waals surface area contributed by atoms with Gasteiger partial charge in [-0.2, -0.15) is 0 Å². The Morgan fingerprint density at radius 3 is 2.25 bits per heavy atom. The van der Waals surface area contributed by atoms with Crippen LogP contribution in [0.3, 0.4) is 0 Å². The maximum Gasteiger partial charge on any atom is 0.0723 e. The Labute approximate surface area is 122 Å². The van der Waals surface area contributed by atoms with E-state index < -0.39 is 0 Å². The highest BCUT2D eigenvalue weighted by molar-refractivity contribution is 5.04. The minimum atomic E-state index is -0.124. The van der Waals surface area contributed by atoms with Crippen molar-refractivity contribution in [1.82, 2.24) is 4.90 Å². The summed E-state index contributed by atoms with van der Waals surface area (Å²) in [7, 11) is 2.17. The van der Waals surface area contributed by atoms with Crippen LogP contribution in [-0.4, -0.2) is 49.0 Å². The van der Waals surface area contributed by atoms with E-state index in [9.17, 15) is 5.11 Å². The zero-order valence-electron chi connectivity index (χ0n) is 12.8. The molecular weight excluding hydrogens is 250 g/mol. The summed E-state index contributed by atoms with van der Waals surface area (Å²) in [5.74, 6) is 2.78. The van der Waals surface area contributed by atoms with Crippen LogP contribution in [0.1, 0.15) is 44.9 Å². The predicted octanol–water partition coefficient (Wildman–Crippen LogP) is 2.28. The molecule has 20 heavy (non-hydrogen) atoms. The summed E-state index contributed by atoms with van der Waals surface area (Å²) >= 11 is 0. The first-order chi connectivity index (χ1) is 9.64. The highest BCUT2D eigenvalue weighted by atomic mass is 16.5. The molecule has 3 heteroatoms. The van der Waals surface area contributed by atoms with Gasteiger partial charge >= 0.3 is 0 Å². The van der Waals surface area contributed by atoms with E-state index in [0.717, 1.165) is 43.9 Å². The SMILES string of the molecule is CN(CC(O)C12CC3CC(CC(C3)C1)C2)C1CCOC1. The Morgan fingerprint density at radius 1 is 1.15 bits per heavy atom. The first-order valence-corrected chi connectivity index (χ1v) is 8.61. The maximum atomic E-state index is 11.0. The van der Waals surface area contributed by atoms with Gasteiger partial charge in [-0.1, -0.05) is 0 Å². The Kier molecular flexibility index (Phi) is 3.36. The molecule has 0 aromatic heterocycles. The highest BCUT2D eigenvalue weighted by Gasteiger charge is 2.54. The van der Waals surface area contributed by atoms with Gasteiger partial charge in [0.05, 0.1) is 12.7 Å². The lowest BCUT2D eigenvalue weighted by Gasteiger charge is -2.58. The summed E-state index contributed by atoms with van der Waals surface area (Å²) < 4.78 is 5.49. The molecule has 4 bridgehead atoms. The molecule has 0 aromatic carbocycles. The van der Waals surface area contributed by atoms with Crippen LogP contribution < -0.4 is 0 Å². The third-order valence-corrected chi connectivity index (χ3v) is 6.78. The van der Waals surface area contributed by atoms with Crippen LogP contribution in [0.15, 0.2) is 0 Å². The van der Waals surface area contributed by atoms with Gasteiger partial charge in [0.1, 0.15) is 0 Å². The topological polar surface area (TPSA) is 32.7 Å². The second-order valence-electron chi connectivity index (χ2n) is 8.25. The normalized spacial score (nSPS) is 48.1. The fraction of sp³-hybridized carbons (Fsp3) is 1.00. The molecule has 5 aliphatic rings. The van der Waals surface area contributed by atoms with Gasteiger partial charge in [0.25, 0.3) is 0 Å². The van der Waals surface area contributed by atoms with E-state index in [-0.39, 0.29) is 11.5 Å². The lowest BCUT2D eigenvalue weighted by atomic mass is 9.48. The minimum absolute atomic E-state index is 0.124. The Balaban J connectivity index is 1.43. The van der Waals surface area contributed by atoms with Gasteiger partial charge in [-0.05, 0) is 75.2 Å². The van der Waals surface area contributed by atoms with Crippen molar-refractivity contribution in [2.75, 3.05) is 26.8 Å². The van der Waals surface area contributed by atoms with Crippen LogP contribution in [0.25, 0.3) is 0 Å². The molecule has 0 aromatic rings. The van der Waals surface area contributed by atoms with Crippen molar-refractivity contribution in [1.29, 1.82) is 0 Å². The number of likely N-dealkylation sites (N-methyl/N-ethyl adjacent to an activating group) is 1. The number of ether oxygens (including phenoxy) is 1. The molecule has 0 spiro atoms. The van der Waals surface area contributed by atoms with Gasteiger partial charge in [0, 0.05) is 19.2 Å². The van der Waals surface area contributed by atoms with Crippen molar-refractivity contribution < 1.29 is 9.84 Å². The molecule has 2 atom stereocenters. The first kappa shape index (κ1) is 13.5. The van der Waals surface area contributed by atoms with Crippen molar-refractivity contribution in [3.63, 3.8) is 0 Å². The highest BCUT2D eigenvalue weighted by Crippen LogP contribution is 2.61. The second kappa shape index (κ2) is 4.96. The van der Waals surface area contributed by atoms with E-state index in [0.29, 0.717) is 6.04 Å². The van der Waals surface area contributed by atoms with Crippen molar-refractivity contribution in [2.24, 2.45) is 23.2 Å². The predicted molar refractivity (Wildman–Crippen MR) is 78.5 cm³/mol. The van der Waals surface area contributed by atoms with Crippen LogP contribution in [0.4, 0.5) is 0 Å². The molecule has 5 rings (SSSR count). The molecule has 0 amide bonds. The van der Waals surface area contributed by atoms with Gasteiger partial charge < -0.3 is 9.84 Å². The summed E-state index contributed by atoms with van der Waals surface area (Å²) in [6.45, 7) is 2.59. The van der Waals surface area contributed by atoms with E-state index in [4.69, 9.17) is 4.74 Å². The summed E-state index contributed by atoms with van der Waals surface area (Å²) in [5, 5.41) is 11.0. The Hall–Kier alpha value is -0.120. The van der Waals surface area contributed by atoms with Crippen LogP contribution >= 0.6 is 0 Å². The lowest BCUT2D eigenvalue weighted by molar-refractivity contribution is -0.127. The fourth-order valence-electron chi connectivity index (χ4n) is 6.07. The molecule has 3 nitrogen and oxygen atoms in total. The number of aliphatic hydroxyl groups excluding tert-OH is 1. The number of aliphatic hydroxyl groups is 1. The molecule has 1 saturated heterocycles. The van der Waals surface area contributed by atoms with Crippen molar-refractivity contribution in [2.45, 2.75) is 57.1 Å². The monoisotopic (exact) mass is 279 g/mol. The van der Waals surface area contributed by atoms with Crippen LogP contribution in [0, 0.1) is 23.2 Å². The second-order valence-corrected chi connectivity index (χ2v) is 8.25. The quantitative estimate of drug-likeness (QED) is 0.857. The lowest BCUT2D eigenvalue weighted by Crippen LogP contribution is -2.55. The molecule has 114 valence electrons. The van der Waals surface area contributed by atoms with Gasteiger partial charge in [-0.25, -0.2) is 0 Å². The van der Waals surface area contributed by atoms with Crippen molar-refractivity contribution in [3.05, 3.63) is 0 Å². The summed E-state index contributed by atoms with van der Waals surface area (Å²) in [6.07, 6.45) is 9.28. The van der Waals surface area contributed by atoms with E-state index in [1.807, 2.05) is 0 Å². The van der Waals surface area contributed by atoms with Gasteiger partial charge in [0.15, 0.2) is 0 Å². The maximum absolute atomic E-state index is 11.0. The molecule has 1 aliphatic heterocycles. The molecule has 4 aliphatic carbocycles. The summed E-state index contributed by atoms with van der Waals surface area (Å²) in [6, 6.07) is 0.526. The molecule has 0 radical (unpaired) electrons. The molecule has 1 heterocycles. The number of hydrogen-bond donors (Lipinski definition) is 1. The average Bonchev–Trinajstić information content (AvgIpc) is 2.90. The third-order valence-electron chi connectivity index (χ3n) is 6.78. The van der Waals surface area contributed by atoms with Gasteiger partial charge in [0.2, 0.25) is 0 Å². The van der Waals surface area contributed by atoms with E-state index in [1.165, 1.54) is 38.5 Å². The Morgan fingerprint density at radius 2 is 1.75 bits per heavy atom. The number of nitrogens with zero attached hydrogens (tertiary/aromatic N) is 1. The van der Waals surface area contributed by atoms with Gasteiger partial charge in [-0.3, -0.25) is 4.90 Å². The van der Waals surface area contributed by atoms with E-state index >= 15 is 0 Å². The summed E-state index contributed by atoms with van der Waals surface area (Å²) in [4.78, 5) is 2.36. The van der Waals surface area contributed by atoms with Crippen molar-refractivity contribution in [3.8, 4) is 0 Å². The van der Waals surface area contributed by atoms with Crippen LogP contribution in [0.5, 0.6) is 0 Å². The molecule has 2 unspecified atom stereocenters. The molecular formula is C17H29NO2. The molecule has 1 N–H and O–H groups in total. The average molecular weight is 279 g/mol. The first-order valence-electron chi connectivity index (χ1n) is 8.61. The van der Waals surface area contributed by atoms with Crippen LogP contribution in [0.2, 0.25) is 0 Å².